The van der Waals surface area contributed by atoms with E-state index in [-0.39, 0.29) is 12.4 Å². The van der Waals surface area contributed by atoms with Gasteiger partial charge in [0.15, 0.2) is 5.58 Å². The van der Waals surface area contributed by atoms with Crippen molar-refractivity contribution in [3.63, 3.8) is 0 Å². The summed E-state index contributed by atoms with van der Waals surface area (Å²) >= 11 is 6.01. The number of ether oxygens (including phenoxy) is 2. The fraction of sp³-hybridized carbons (Fsp3) is 0.533. The van der Waals surface area contributed by atoms with Crippen LogP contribution in [0.15, 0.2) is 22.7 Å². The zero-order valence-corrected chi connectivity index (χ0v) is 14.0. The van der Waals surface area contributed by atoms with Gasteiger partial charge in [0, 0.05) is 24.7 Å². The number of fused-ring (bicyclic) bond motifs is 1. The summed E-state index contributed by atoms with van der Waals surface area (Å²) < 4.78 is 16.3. The molecule has 7 heteroatoms. The number of halogens is 2. The average molecular weight is 347 g/mol. The molecule has 0 spiro atoms. The molecule has 1 aromatic carbocycles. The normalized spacial score (nSPS) is 18.5. The van der Waals surface area contributed by atoms with Crippen LogP contribution >= 0.6 is 24.0 Å². The number of hydrogen-bond donors (Lipinski definition) is 0. The Morgan fingerprint density at radius 3 is 3.14 bits per heavy atom. The van der Waals surface area contributed by atoms with Crippen LogP contribution in [-0.2, 0) is 4.74 Å². The van der Waals surface area contributed by atoms with E-state index in [2.05, 4.69) is 10.1 Å². The summed E-state index contributed by atoms with van der Waals surface area (Å²) in [5, 5.41) is 5.46. The second-order valence-corrected chi connectivity index (χ2v) is 5.70. The molecule has 2 heterocycles. The third kappa shape index (κ3) is 3.84. The van der Waals surface area contributed by atoms with Gasteiger partial charge in [-0.2, -0.15) is 0 Å². The van der Waals surface area contributed by atoms with Crippen molar-refractivity contribution in [3.05, 3.63) is 23.2 Å². The molecule has 1 aromatic heterocycles. The minimum absolute atomic E-state index is 0. The molecule has 0 saturated carbocycles. The van der Waals surface area contributed by atoms with E-state index >= 15 is 0 Å². The lowest BCUT2D eigenvalue weighted by molar-refractivity contribution is 0.117. The molecule has 1 fully saturated rings. The lowest BCUT2D eigenvalue weighted by atomic mass is 10.2. The Balaban J connectivity index is 0.00000176. The minimum Gasteiger partial charge on any atom is -0.473 e. The number of likely N-dealkylation sites (tertiary alicyclic amines) is 1. The van der Waals surface area contributed by atoms with E-state index in [4.69, 9.17) is 25.6 Å². The van der Waals surface area contributed by atoms with E-state index in [0.717, 1.165) is 31.5 Å². The fourth-order valence-electron chi connectivity index (χ4n) is 2.75. The Kier molecular flexibility index (Phi) is 6.32. The highest BCUT2D eigenvalue weighted by Crippen LogP contribution is 2.28. The lowest BCUT2D eigenvalue weighted by Gasteiger charge is -2.23. The second kappa shape index (κ2) is 8.02. The molecular weight excluding hydrogens is 327 g/mol. The molecule has 0 bridgehead atoms. The molecule has 0 unspecified atom stereocenters. The quantitative estimate of drug-likeness (QED) is 0.802. The van der Waals surface area contributed by atoms with Crippen molar-refractivity contribution in [2.24, 2.45) is 0 Å². The molecule has 1 aliphatic heterocycles. The van der Waals surface area contributed by atoms with Gasteiger partial charge in [0.1, 0.15) is 6.61 Å². The Labute approximate surface area is 140 Å². The maximum Gasteiger partial charge on any atom is 0.262 e. The maximum atomic E-state index is 6.01. The van der Waals surface area contributed by atoms with Crippen LogP contribution in [0.4, 0.5) is 0 Å². The van der Waals surface area contributed by atoms with E-state index in [1.807, 2.05) is 6.07 Å². The van der Waals surface area contributed by atoms with Gasteiger partial charge in [-0.3, -0.25) is 4.90 Å². The maximum absolute atomic E-state index is 6.01. The Morgan fingerprint density at radius 2 is 2.32 bits per heavy atom. The van der Waals surface area contributed by atoms with Crippen LogP contribution in [-0.4, -0.2) is 49.5 Å². The van der Waals surface area contributed by atoms with Crippen LogP contribution in [0.2, 0.25) is 5.02 Å². The standard InChI is InChI=1S/C15H19ClN2O3.ClH/c1-19-8-7-18-6-2-3-12(18)10-20-15-13-9-11(16)4-5-14(13)21-17-15;/h4-5,9,12H,2-3,6-8,10H2,1H3;1H/t12-;/m0./s1. The number of benzene rings is 1. The summed E-state index contributed by atoms with van der Waals surface area (Å²) in [6, 6.07) is 5.81. The first-order valence-electron chi connectivity index (χ1n) is 7.18. The van der Waals surface area contributed by atoms with E-state index in [0.29, 0.717) is 29.1 Å². The molecule has 1 atom stereocenters. The molecule has 3 rings (SSSR count). The summed E-state index contributed by atoms with van der Waals surface area (Å²) in [6.07, 6.45) is 2.34. The van der Waals surface area contributed by atoms with E-state index in [1.165, 1.54) is 6.42 Å². The molecule has 22 heavy (non-hydrogen) atoms. The van der Waals surface area contributed by atoms with E-state index < -0.39 is 0 Å². The second-order valence-electron chi connectivity index (χ2n) is 5.26. The molecule has 2 aromatic rings. The third-order valence-corrected chi connectivity index (χ3v) is 4.13. The molecule has 0 amide bonds. The predicted octanol–water partition coefficient (Wildman–Crippen LogP) is 3.39. The lowest BCUT2D eigenvalue weighted by Crippen LogP contribution is -2.36. The fourth-order valence-corrected chi connectivity index (χ4v) is 2.93. The summed E-state index contributed by atoms with van der Waals surface area (Å²) in [5.74, 6) is 0.520. The van der Waals surface area contributed by atoms with Crippen molar-refractivity contribution in [3.8, 4) is 5.88 Å². The smallest absolute Gasteiger partial charge is 0.262 e. The highest BCUT2D eigenvalue weighted by atomic mass is 35.5. The summed E-state index contributed by atoms with van der Waals surface area (Å²) in [7, 11) is 1.73. The summed E-state index contributed by atoms with van der Waals surface area (Å²) in [6.45, 7) is 3.40. The van der Waals surface area contributed by atoms with Gasteiger partial charge in [0.2, 0.25) is 0 Å². The van der Waals surface area contributed by atoms with Crippen molar-refractivity contribution in [2.45, 2.75) is 18.9 Å². The average Bonchev–Trinajstić information content (AvgIpc) is 3.09. The first kappa shape index (κ1) is 17.3. The largest absolute Gasteiger partial charge is 0.473 e. The molecule has 0 aliphatic carbocycles. The van der Waals surface area contributed by atoms with Crippen molar-refractivity contribution >= 4 is 35.0 Å². The Bertz CT molecular complexity index is 605. The van der Waals surface area contributed by atoms with Crippen LogP contribution in [0.3, 0.4) is 0 Å². The number of methoxy groups -OCH3 is 1. The van der Waals surface area contributed by atoms with Gasteiger partial charge in [0.25, 0.3) is 5.88 Å². The first-order valence-corrected chi connectivity index (χ1v) is 7.56. The van der Waals surface area contributed by atoms with Crippen LogP contribution < -0.4 is 4.74 Å². The van der Waals surface area contributed by atoms with Gasteiger partial charge in [-0.25, -0.2) is 0 Å². The topological polar surface area (TPSA) is 47.7 Å². The number of aromatic nitrogens is 1. The van der Waals surface area contributed by atoms with Gasteiger partial charge in [-0.15, -0.1) is 12.4 Å². The van der Waals surface area contributed by atoms with Gasteiger partial charge in [-0.05, 0) is 42.7 Å². The molecule has 122 valence electrons. The van der Waals surface area contributed by atoms with Crippen LogP contribution in [0.1, 0.15) is 12.8 Å². The molecule has 1 aliphatic rings. The molecular formula is C15H20Cl2N2O3. The predicted molar refractivity (Wildman–Crippen MR) is 88.2 cm³/mol. The molecule has 1 saturated heterocycles. The van der Waals surface area contributed by atoms with Crippen molar-refractivity contribution in [2.75, 3.05) is 33.4 Å². The highest BCUT2D eigenvalue weighted by molar-refractivity contribution is 6.31. The zero-order chi connectivity index (χ0) is 14.7. The zero-order valence-electron chi connectivity index (χ0n) is 12.5. The van der Waals surface area contributed by atoms with E-state index in [9.17, 15) is 0 Å². The molecule has 0 N–H and O–H groups in total. The number of rotatable bonds is 6. The number of hydrogen-bond acceptors (Lipinski definition) is 5. The van der Waals surface area contributed by atoms with Crippen molar-refractivity contribution in [1.29, 1.82) is 0 Å². The van der Waals surface area contributed by atoms with Crippen molar-refractivity contribution < 1.29 is 14.0 Å². The SMILES string of the molecule is COCCN1CCC[C@H]1COc1noc2ccc(Cl)cc12.Cl. The molecule has 0 radical (unpaired) electrons. The Hall–Kier alpha value is -1.01. The monoisotopic (exact) mass is 346 g/mol. The van der Waals surface area contributed by atoms with Crippen LogP contribution in [0.5, 0.6) is 5.88 Å². The summed E-state index contributed by atoms with van der Waals surface area (Å²) in [5.41, 5.74) is 0.692. The Morgan fingerprint density at radius 1 is 1.45 bits per heavy atom. The first-order chi connectivity index (χ1) is 10.3. The number of nitrogens with zero attached hydrogens (tertiary/aromatic N) is 2. The van der Waals surface area contributed by atoms with Crippen molar-refractivity contribution in [1.82, 2.24) is 10.1 Å². The highest BCUT2D eigenvalue weighted by Gasteiger charge is 2.25. The minimum atomic E-state index is 0. The molecule has 5 nitrogen and oxygen atoms in total. The van der Waals surface area contributed by atoms with Gasteiger partial charge in [-0.1, -0.05) is 11.6 Å². The van der Waals surface area contributed by atoms with Gasteiger partial charge in [0.05, 0.1) is 12.0 Å². The third-order valence-electron chi connectivity index (χ3n) is 3.89. The van der Waals surface area contributed by atoms with E-state index in [1.54, 1.807) is 19.2 Å². The van der Waals surface area contributed by atoms with Gasteiger partial charge >= 0.3 is 0 Å². The van der Waals surface area contributed by atoms with Gasteiger partial charge < -0.3 is 14.0 Å². The van der Waals surface area contributed by atoms with Crippen LogP contribution in [0, 0.1) is 0 Å². The summed E-state index contributed by atoms with van der Waals surface area (Å²) in [4.78, 5) is 2.40. The van der Waals surface area contributed by atoms with Crippen LogP contribution in [0.25, 0.3) is 11.0 Å².